The Morgan fingerprint density at radius 1 is 0.828 bits per heavy atom. The lowest BCUT2D eigenvalue weighted by atomic mass is 9.99. The Morgan fingerprint density at radius 2 is 1.34 bits per heavy atom. The summed E-state index contributed by atoms with van der Waals surface area (Å²) >= 11 is 6.04. The average Bonchev–Trinajstić information content (AvgIpc) is 2.57. The van der Waals surface area contributed by atoms with Crippen LogP contribution in [-0.2, 0) is 47.6 Å². The predicted molar refractivity (Wildman–Crippen MR) is 104 cm³/mol. The van der Waals surface area contributed by atoms with E-state index in [1.807, 2.05) is 0 Å². The Kier molecular flexibility index (Phi) is 10.3. The molecule has 1 aliphatic rings. The molecule has 0 saturated carbocycles. The fourth-order valence-corrected chi connectivity index (χ4v) is 3.85. The third-order valence-corrected chi connectivity index (χ3v) is 4.75. The van der Waals surface area contributed by atoms with E-state index in [1.165, 1.54) is 13.8 Å². The van der Waals surface area contributed by atoms with Crippen LogP contribution in [0.2, 0.25) is 0 Å². The SMILES string of the molecule is CCOC(=S)S[C@@H]1OC(COC(C)=O)[C@H](OC(C)=O)[C@@H](OC(C)=O)C1OC(C)=O. The first-order valence-corrected chi connectivity index (χ1v) is 9.97. The highest BCUT2D eigenvalue weighted by Crippen LogP contribution is 2.35. The zero-order chi connectivity index (χ0) is 22.1. The average molecular weight is 453 g/mol. The second kappa shape index (κ2) is 11.9. The fourth-order valence-electron chi connectivity index (χ4n) is 2.53. The van der Waals surface area contributed by atoms with Crippen LogP contribution in [0.25, 0.3) is 0 Å². The zero-order valence-corrected chi connectivity index (χ0v) is 18.3. The van der Waals surface area contributed by atoms with Gasteiger partial charge in [-0.15, -0.1) is 0 Å². The highest BCUT2D eigenvalue weighted by molar-refractivity contribution is 8.22. The van der Waals surface area contributed by atoms with Gasteiger partial charge in [0.15, 0.2) is 23.7 Å². The van der Waals surface area contributed by atoms with Gasteiger partial charge in [0.25, 0.3) is 0 Å². The van der Waals surface area contributed by atoms with E-state index in [4.69, 9.17) is 40.6 Å². The van der Waals surface area contributed by atoms with Crippen LogP contribution < -0.4 is 0 Å². The standard InChI is InChI=1S/C17H24O10S2/c1-6-22-17(28)29-16-15(26-11(5)21)14(25-10(4)20)13(24-9(3)19)12(27-16)7-23-8(2)18/h12-16H,6-7H2,1-5H3/t12?,13-,14+,15?,16-/m0/s1. The number of carbonyl (C=O) groups excluding carboxylic acids is 4. The number of ether oxygens (including phenoxy) is 6. The summed E-state index contributed by atoms with van der Waals surface area (Å²) in [6.07, 6.45) is -4.60. The van der Waals surface area contributed by atoms with Gasteiger partial charge in [0.1, 0.15) is 12.7 Å². The molecule has 10 nitrogen and oxygen atoms in total. The molecule has 0 N–H and O–H groups in total. The van der Waals surface area contributed by atoms with Crippen LogP contribution in [0.3, 0.4) is 0 Å². The first-order chi connectivity index (χ1) is 13.5. The van der Waals surface area contributed by atoms with E-state index < -0.39 is 53.7 Å². The molecule has 0 aromatic heterocycles. The van der Waals surface area contributed by atoms with Gasteiger partial charge < -0.3 is 28.4 Å². The van der Waals surface area contributed by atoms with Crippen molar-refractivity contribution in [2.45, 2.75) is 64.5 Å². The normalized spacial score (nSPS) is 26.0. The molecule has 1 saturated heterocycles. The minimum atomic E-state index is -1.23. The van der Waals surface area contributed by atoms with Crippen molar-refractivity contribution in [3.05, 3.63) is 0 Å². The molecule has 29 heavy (non-hydrogen) atoms. The highest BCUT2D eigenvalue weighted by atomic mass is 32.2. The summed E-state index contributed by atoms with van der Waals surface area (Å²) in [5, 5.41) is 0. The van der Waals surface area contributed by atoms with Crippen molar-refractivity contribution in [1.82, 2.24) is 0 Å². The molecule has 0 aromatic rings. The van der Waals surface area contributed by atoms with E-state index in [1.54, 1.807) is 6.92 Å². The van der Waals surface area contributed by atoms with E-state index in [-0.39, 0.29) is 11.0 Å². The van der Waals surface area contributed by atoms with Crippen molar-refractivity contribution in [3.63, 3.8) is 0 Å². The zero-order valence-electron chi connectivity index (χ0n) is 16.7. The van der Waals surface area contributed by atoms with Gasteiger partial charge in [-0.2, -0.15) is 0 Å². The quantitative estimate of drug-likeness (QED) is 0.312. The molecule has 2 unspecified atom stereocenters. The molecular weight excluding hydrogens is 428 g/mol. The van der Waals surface area contributed by atoms with Crippen LogP contribution in [0.5, 0.6) is 0 Å². The van der Waals surface area contributed by atoms with Gasteiger partial charge in [0.05, 0.1) is 6.61 Å². The van der Waals surface area contributed by atoms with Crippen molar-refractivity contribution in [2.75, 3.05) is 13.2 Å². The van der Waals surface area contributed by atoms with Gasteiger partial charge in [0, 0.05) is 27.7 Å². The van der Waals surface area contributed by atoms with Crippen LogP contribution in [0.1, 0.15) is 34.6 Å². The van der Waals surface area contributed by atoms with Crippen molar-refractivity contribution < 1.29 is 47.6 Å². The van der Waals surface area contributed by atoms with Crippen molar-refractivity contribution in [1.29, 1.82) is 0 Å². The maximum absolute atomic E-state index is 11.7. The van der Waals surface area contributed by atoms with Crippen LogP contribution in [-0.4, -0.2) is 71.3 Å². The number of thiocarbonyl (C=S) groups is 1. The third kappa shape index (κ3) is 8.54. The maximum atomic E-state index is 11.7. The molecule has 0 aliphatic carbocycles. The summed E-state index contributed by atoms with van der Waals surface area (Å²) in [7, 11) is 0. The van der Waals surface area contributed by atoms with Crippen LogP contribution in [0.4, 0.5) is 0 Å². The summed E-state index contributed by atoms with van der Waals surface area (Å²) in [6, 6.07) is 0. The lowest BCUT2D eigenvalue weighted by Gasteiger charge is -2.43. The molecule has 1 heterocycles. The van der Waals surface area contributed by atoms with Gasteiger partial charge in [-0.05, 0) is 30.9 Å². The third-order valence-electron chi connectivity index (χ3n) is 3.42. The molecule has 164 valence electrons. The predicted octanol–water partition coefficient (Wildman–Crippen LogP) is 1.12. The highest BCUT2D eigenvalue weighted by Gasteiger charge is 2.52. The van der Waals surface area contributed by atoms with E-state index in [9.17, 15) is 19.2 Å². The Labute approximate surface area is 177 Å². The monoisotopic (exact) mass is 452 g/mol. The Balaban J connectivity index is 3.29. The van der Waals surface area contributed by atoms with Crippen molar-refractivity contribution in [3.8, 4) is 0 Å². The van der Waals surface area contributed by atoms with Gasteiger partial charge in [-0.1, -0.05) is 0 Å². The van der Waals surface area contributed by atoms with E-state index in [0.29, 0.717) is 6.61 Å². The minimum Gasteiger partial charge on any atom is -0.479 e. The number of hydrogen-bond acceptors (Lipinski definition) is 12. The fraction of sp³-hybridized carbons (Fsp3) is 0.706. The number of thioether (sulfide) groups is 1. The van der Waals surface area contributed by atoms with Gasteiger partial charge in [0.2, 0.25) is 4.38 Å². The topological polar surface area (TPSA) is 124 Å². The second-order valence-electron chi connectivity index (χ2n) is 5.87. The number of carbonyl (C=O) groups is 4. The van der Waals surface area contributed by atoms with Gasteiger partial charge in [-0.3, -0.25) is 19.2 Å². The van der Waals surface area contributed by atoms with Crippen LogP contribution >= 0.6 is 24.0 Å². The largest absolute Gasteiger partial charge is 0.479 e. The van der Waals surface area contributed by atoms with E-state index >= 15 is 0 Å². The van der Waals surface area contributed by atoms with Crippen LogP contribution in [0, 0.1) is 0 Å². The van der Waals surface area contributed by atoms with E-state index in [0.717, 1.165) is 25.6 Å². The molecule has 1 aliphatic heterocycles. The van der Waals surface area contributed by atoms with Crippen molar-refractivity contribution in [2.24, 2.45) is 0 Å². The minimum absolute atomic E-state index is 0.105. The Bertz CT molecular complexity index is 638. The summed E-state index contributed by atoms with van der Waals surface area (Å²) in [5.74, 6) is -2.66. The maximum Gasteiger partial charge on any atom is 0.303 e. The molecule has 0 spiro atoms. The summed E-state index contributed by atoms with van der Waals surface area (Å²) < 4.78 is 32.1. The Morgan fingerprint density at radius 3 is 1.83 bits per heavy atom. The summed E-state index contributed by atoms with van der Waals surface area (Å²) in [6.45, 7) is 6.41. The lowest BCUT2D eigenvalue weighted by molar-refractivity contribution is -0.237. The molecule has 0 radical (unpaired) electrons. The first-order valence-electron chi connectivity index (χ1n) is 8.69. The summed E-state index contributed by atoms with van der Waals surface area (Å²) in [4.78, 5) is 46.2. The van der Waals surface area contributed by atoms with Gasteiger partial charge >= 0.3 is 23.9 Å². The molecule has 0 aromatic carbocycles. The molecule has 1 rings (SSSR count). The van der Waals surface area contributed by atoms with Crippen molar-refractivity contribution >= 4 is 52.2 Å². The van der Waals surface area contributed by atoms with E-state index in [2.05, 4.69) is 0 Å². The van der Waals surface area contributed by atoms with Gasteiger partial charge in [-0.25, -0.2) is 0 Å². The molecule has 12 heteroatoms. The molecule has 0 bridgehead atoms. The molecule has 0 amide bonds. The molecule has 1 fully saturated rings. The van der Waals surface area contributed by atoms with Crippen LogP contribution in [0.15, 0.2) is 0 Å². The second-order valence-corrected chi connectivity index (χ2v) is 7.57. The number of rotatable bonds is 7. The molecular formula is C17H24O10S2. The Hall–Kier alpha value is -1.92. The first kappa shape index (κ1) is 25.1. The lowest BCUT2D eigenvalue weighted by Crippen LogP contribution is -2.61. The number of hydrogen-bond donors (Lipinski definition) is 0. The smallest absolute Gasteiger partial charge is 0.303 e. The molecule has 5 atom stereocenters. The summed E-state index contributed by atoms with van der Waals surface area (Å²) in [5.41, 5.74) is -0.977. The number of esters is 4.